The highest BCUT2D eigenvalue weighted by molar-refractivity contribution is 6.09. The molecule has 0 fully saturated rings. The molecule has 2 aromatic carbocycles. The van der Waals surface area contributed by atoms with E-state index in [1.807, 2.05) is 48.5 Å². The van der Waals surface area contributed by atoms with E-state index >= 15 is 0 Å². The molecule has 146 valence electrons. The van der Waals surface area contributed by atoms with Gasteiger partial charge in [0.1, 0.15) is 17.4 Å². The largest absolute Gasteiger partial charge is 0.496 e. The zero-order chi connectivity index (χ0) is 20.5. The first-order chi connectivity index (χ1) is 13.6. The van der Waals surface area contributed by atoms with Crippen molar-refractivity contribution >= 4 is 23.4 Å². The van der Waals surface area contributed by atoms with Crippen LogP contribution in [-0.4, -0.2) is 26.1 Å². The Morgan fingerprint density at radius 1 is 1.14 bits per heavy atom. The molecule has 0 aliphatic carbocycles. The van der Waals surface area contributed by atoms with Gasteiger partial charge in [-0.3, -0.25) is 4.79 Å². The highest BCUT2D eigenvalue weighted by atomic mass is 16.5. The van der Waals surface area contributed by atoms with Crippen LogP contribution in [-0.2, 0) is 11.2 Å². The molecule has 2 rings (SSSR count). The lowest BCUT2D eigenvalue weighted by atomic mass is 10.1. The third kappa shape index (κ3) is 5.14. The van der Waals surface area contributed by atoms with Crippen LogP contribution in [0.5, 0.6) is 5.75 Å². The van der Waals surface area contributed by atoms with Crippen LogP contribution in [0, 0.1) is 11.3 Å². The number of nitrogens with one attached hydrogen (secondary N) is 1. The first-order valence-corrected chi connectivity index (χ1v) is 9.51. The number of ether oxygens (including phenoxy) is 1. The van der Waals surface area contributed by atoms with Crippen molar-refractivity contribution < 1.29 is 9.53 Å². The lowest BCUT2D eigenvalue weighted by Crippen LogP contribution is -2.21. The second-order valence-electron chi connectivity index (χ2n) is 6.27. The number of hydrogen-bond acceptors (Lipinski definition) is 4. The standard InChI is InChI=1S/C23H27N3O2/c1-5-17-8-11-20(12-9-17)25-23(27)19(16-24)14-18-10-13-21(15-22(18)28-4)26(6-2)7-3/h8-15H,5-7H2,1-4H3,(H,25,27). The summed E-state index contributed by atoms with van der Waals surface area (Å²) in [6.45, 7) is 8.03. The fourth-order valence-electron chi connectivity index (χ4n) is 2.93. The van der Waals surface area contributed by atoms with E-state index in [0.29, 0.717) is 17.0 Å². The molecule has 1 amide bonds. The summed E-state index contributed by atoms with van der Waals surface area (Å²) < 4.78 is 5.48. The summed E-state index contributed by atoms with van der Waals surface area (Å²) in [6, 6.07) is 15.3. The molecule has 1 N–H and O–H groups in total. The van der Waals surface area contributed by atoms with E-state index in [4.69, 9.17) is 4.74 Å². The molecule has 0 heterocycles. The molecular formula is C23H27N3O2. The number of hydrogen-bond donors (Lipinski definition) is 1. The molecule has 0 saturated heterocycles. The van der Waals surface area contributed by atoms with Crippen LogP contribution < -0.4 is 15.0 Å². The predicted molar refractivity (Wildman–Crippen MR) is 115 cm³/mol. The summed E-state index contributed by atoms with van der Waals surface area (Å²) in [5.41, 5.74) is 3.59. The van der Waals surface area contributed by atoms with Gasteiger partial charge < -0.3 is 15.0 Å². The Hall–Kier alpha value is -3.26. The van der Waals surface area contributed by atoms with E-state index in [1.165, 1.54) is 5.56 Å². The summed E-state index contributed by atoms with van der Waals surface area (Å²) in [4.78, 5) is 14.7. The van der Waals surface area contributed by atoms with Crippen LogP contribution in [0.25, 0.3) is 6.08 Å². The number of carbonyl (C=O) groups is 1. The average molecular weight is 377 g/mol. The van der Waals surface area contributed by atoms with E-state index in [0.717, 1.165) is 25.2 Å². The van der Waals surface area contributed by atoms with Gasteiger partial charge in [0.2, 0.25) is 0 Å². The van der Waals surface area contributed by atoms with Crippen LogP contribution in [0.2, 0.25) is 0 Å². The smallest absolute Gasteiger partial charge is 0.266 e. The summed E-state index contributed by atoms with van der Waals surface area (Å²) in [5, 5.41) is 12.2. The molecule has 0 atom stereocenters. The minimum Gasteiger partial charge on any atom is -0.496 e. The Kier molecular flexibility index (Phi) is 7.65. The highest BCUT2D eigenvalue weighted by Gasteiger charge is 2.13. The van der Waals surface area contributed by atoms with Gasteiger partial charge in [0, 0.05) is 36.1 Å². The minimum absolute atomic E-state index is 0.0217. The molecule has 0 bridgehead atoms. The highest BCUT2D eigenvalue weighted by Crippen LogP contribution is 2.27. The van der Waals surface area contributed by atoms with Crippen molar-refractivity contribution in [1.29, 1.82) is 5.26 Å². The second-order valence-corrected chi connectivity index (χ2v) is 6.27. The maximum absolute atomic E-state index is 12.5. The third-order valence-corrected chi connectivity index (χ3v) is 4.63. The van der Waals surface area contributed by atoms with E-state index in [2.05, 4.69) is 31.0 Å². The number of aryl methyl sites for hydroxylation is 1. The maximum atomic E-state index is 12.5. The predicted octanol–water partition coefficient (Wildman–Crippen LogP) is 4.65. The SMILES string of the molecule is CCc1ccc(NC(=O)C(C#N)=Cc2ccc(N(CC)CC)cc2OC)cc1. The Morgan fingerprint density at radius 2 is 1.82 bits per heavy atom. The summed E-state index contributed by atoms with van der Waals surface area (Å²) in [5.74, 6) is 0.180. The summed E-state index contributed by atoms with van der Waals surface area (Å²) in [6.07, 6.45) is 2.49. The van der Waals surface area contributed by atoms with Crippen molar-refractivity contribution in [2.45, 2.75) is 27.2 Å². The zero-order valence-corrected chi connectivity index (χ0v) is 17.0. The van der Waals surface area contributed by atoms with Crippen molar-refractivity contribution in [1.82, 2.24) is 0 Å². The number of rotatable bonds is 8. The van der Waals surface area contributed by atoms with E-state index in [-0.39, 0.29) is 5.57 Å². The van der Waals surface area contributed by atoms with E-state index in [1.54, 1.807) is 13.2 Å². The quantitative estimate of drug-likeness (QED) is 0.537. The van der Waals surface area contributed by atoms with Gasteiger partial charge >= 0.3 is 0 Å². The number of nitrogens with zero attached hydrogens (tertiary/aromatic N) is 2. The number of anilines is 2. The average Bonchev–Trinajstić information content (AvgIpc) is 2.73. The molecule has 0 aromatic heterocycles. The lowest BCUT2D eigenvalue weighted by Gasteiger charge is -2.22. The van der Waals surface area contributed by atoms with Gasteiger partial charge in [-0.1, -0.05) is 19.1 Å². The normalized spacial score (nSPS) is 10.9. The van der Waals surface area contributed by atoms with Crippen molar-refractivity contribution in [3.05, 3.63) is 59.2 Å². The van der Waals surface area contributed by atoms with Crippen LogP contribution in [0.15, 0.2) is 48.0 Å². The molecule has 0 saturated carbocycles. The van der Waals surface area contributed by atoms with Gasteiger partial charge in [0.15, 0.2) is 0 Å². The Morgan fingerprint density at radius 3 is 2.36 bits per heavy atom. The summed E-state index contributed by atoms with van der Waals surface area (Å²) >= 11 is 0. The van der Waals surface area contributed by atoms with Crippen molar-refractivity contribution in [3.8, 4) is 11.8 Å². The van der Waals surface area contributed by atoms with Crippen molar-refractivity contribution in [2.75, 3.05) is 30.4 Å². The maximum Gasteiger partial charge on any atom is 0.266 e. The van der Waals surface area contributed by atoms with Gasteiger partial charge in [0.05, 0.1) is 7.11 Å². The second kappa shape index (κ2) is 10.2. The molecule has 0 radical (unpaired) electrons. The molecule has 28 heavy (non-hydrogen) atoms. The van der Waals surface area contributed by atoms with Crippen LogP contribution in [0.3, 0.4) is 0 Å². The fraction of sp³-hybridized carbons (Fsp3) is 0.304. The van der Waals surface area contributed by atoms with Crippen molar-refractivity contribution in [3.63, 3.8) is 0 Å². The van der Waals surface area contributed by atoms with E-state index < -0.39 is 5.91 Å². The van der Waals surface area contributed by atoms with Crippen molar-refractivity contribution in [2.24, 2.45) is 0 Å². The molecule has 0 aliphatic heterocycles. The lowest BCUT2D eigenvalue weighted by molar-refractivity contribution is -0.112. The molecule has 0 spiro atoms. The Balaban J connectivity index is 2.27. The number of benzene rings is 2. The van der Waals surface area contributed by atoms with Gasteiger partial charge in [-0.25, -0.2) is 0 Å². The van der Waals surface area contributed by atoms with E-state index in [9.17, 15) is 10.1 Å². The molecule has 0 unspecified atom stereocenters. The molecular weight excluding hydrogens is 350 g/mol. The molecule has 5 heteroatoms. The number of methoxy groups -OCH3 is 1. The third-order valence-electron chi connectivity index (χ3n) is 4.63. The Bertz CT molecular complexity index is 876. The molecule has 0 aliphatic rings. The van der Waals surface area contributed by atoms with Crippen LogP contribution in [0.4, 0.5) is 11.4 Å². The first-order valence-electron chi connectivity index (χ1n) is 9.51. The van der Waals surface area contributed by atoms with Gasteiger partial charge in [-0.05, 0) is 56.2 Å². The minimum atomic E-state index is -0.443. The Labute approximate surface area is 167 Å². The van der Waals surface area contributed by atoms with Gasteiger partial charge in [-0.15, -0.1) is 0 Å². The van der Waals surface area contributed by atoms with Crippen LogP contribution >= 0.6 is 0 Å². The first kappa shape index (κ1) is 21.0. The monoisotopic (exact) mass is 377 g/mol. The molecule has 5 nitrogen and oxygen atoms in total. The van der Waals surface area contributed by atoms with Gasteiger partial charge in [-0.2, -0.15) is 5.26 Å². The van der Waals surface area contributed by atoms with Crippen LogP contribution in [0.1, 0.15) is 31.9 Å². The number of nitriles is 1. The topological polar surface area (TPSA) is 65.4 Å². The number of amides is 1. The summed E-state index contributed by atoms with van der Waals surface area (Å²) in [7, 11) is 1.58. The molecule has 2 aromatic rings. The van der Waals surface area contributed by atoms with Gasteiger partial charge in [0.25, 0.3) is 5.91 Å². The number of carbonyl (C=O) groups excluding carboxylic acids is 1. The zero-order valence-electron chi connectivity index (χ0n) is 17.0. The fourth-order valence-corrected chi connectivity index (χ4v) is 2.93.